The number of aromatic nitrogens is 2. The summed E-state index contributed by atoms with van der Waals surface area (Å²) in [7, 11) is 0. The van der Waals surface area contributed by atoms with Crippen molar-refractivity contribution in [3.63, 3.8) is 0 Å². The molecule has 2 aromatic rings. The quantitative estimate of drug-likeness (QED) is 0.858. The van der Waals surface area contributed by atoms with Gasteiger partial charge >= 0.3 is 0 Å². The summed E-state index contributed by atoms with van der Waals surface area (Å²) in [6.07, 6.45) is 3.96. The van der Waals surface area contributed by atoms with Crippen molar-refractivity contribution >= 4 is 17.9 Å². The van der Waals surface area contributed by atoms with Crippen LogP contribution < -0.4 is 5.32 Å². The third-order valence-corrected chi connectivity index (χ3v) is 4.74. The number of nitrogens with one attached hydrogen (secondary N) is 1. The molecule has 6 heteroatoms. The zero-order valence-corrected chi connectivity index (χ0v) is 15.4. The average Bonchev–Trinajstić information content (AvgIpc) is 2.94. The van der Waals surface area contributed by atoms with Crippen molar-refractivity contribution < 1.29 is 9.59 Å². The highest BCUT2D eigenvalue weighted by Gasteiger charge is 2.30. The summed E-state index contributed by atoms with van der Waals surface area (Å²) in [5.41, 5.74) is 3.74. The van der Waals surface area contributed by atoms with Gasteiger partial charge in [-0.2, -0.15) is 5.10 Å². The third kappa shape index (κ3) is 3.40. The van der Waals surface area contributed by atoms with Crippen LogP contribution in [0.2, 0.25) is 0 Å². The highest BCUT2D eigenvalue weighted by molar-refractivity contribution is 5.96. The molecule has 0 radical (unpaired) electrons. The summed E-state index contributed by atoms with van der Waals surface area (Å²) in [5.74, 6) is -0.220. The minimum Gasteiger partial charge on any atom is -0.353 e. The van der Waals surface area contributed by atoms with Crippen LogP contribution in [0, 0.1) is 13.8 Å². The smallest absolute Gasteiger partial charge is 0.247 e. The molecule has 1 aliphatic heterocycles. The lowest BCUT2D eigenvalue weighted by Gasteiger charge is -2.33. The van der Waals surface area contributed by atoms with Crippen LogP contribution in [0.4, 0.5) is 0 Å². The van der Waals surface area contributed by atoms with Crippen LogP contribution in [0.3, 0.4) is 0 Å². The molecule has 3 rings (SSSR count). The standard InChI is InChI=1S/C20H24N4O2/c1-4-18-20(26)21-12-13-23(18)19(25)11-10-17-14(2)22-24(15(17)3)16-8-6-5-7-9-16/h5-11,18H,4,12-13H2,1-3H3,(H,21,26). The Labute approximate surface area is 153 Å². The highest BCUT2D eigenvalue weighted by atomic mass is 16.2. The molecular formula is C20H24N4O2. The van der Waals surface area contributed by atoms with E-state index in [1.165, 1.54) is 0 Å². The van der Waals surface area contributed by atoms with Gasteiger partial charge in [0.1, 0.15) is 6.04 Å². The number of nitrogens with zero attached hydrogens (tertiary/aromatic N) is 3. The largest absolute Gasteiger partial charge is 0.353 e. The summed E-state index contributed by atoms with van der Waals surface area (Å²) >= 11 is 0. The van der Waals surface area contributed by atoms with Gasteiger partial charge in [-0.3, -0.25) is 9.59 Å². The molecule has 6 nitrogen and oxygen atoms in total. The van der Waals surface area contributed by atoms with Gasteiger partial charge in [-0.25, -0.2) is 4.68 Å². The Balaban J connectivity index is 1.83. The van der Waals surface area contributed by atoms with Gasteiger partial charge in [0.2, 0.25) is 11.8 Å². The van der Waals surface area contributed by atoms with Crippen LogP contribution in [-0.2, 0) is 9.59 Å². The number of para-hydroxylation sites is 1. The van der Waals surface area contributed by atoms with Gasteiger partial charge in [-0.15, -0.1) is 0 Å². The molecule has 1 saturated heterocycles. The number of rotatable bonds is 4. The number of piperazine rings is 1. The molecule has 1 atom stereocenters. The van der Waals surface area contributed by atoms with E-state index in [1.54, 1.807) is 17.1 Å². The number of carbonyl (C=O) groups excluding carboxylic acids is 2. The number of hydrogen-bond acceptors (Lipinski definition) is 3. The van der Waals surface area contributed by atoms with Crippen molar-refractivity contribution in [1.29, 1.82) is 0 Å². The lowest BCUT2D eigenvalue weighted by atomic mass is 10.1. The molecular weight excluding hydrogens is 328 g/mol. The Kier molecular flexibility index (Phi) is 5.21. The van der Waals surface area contributed by atoms with Crippen LogP contribution in [0.15, 0.2) is 36.4 Å². The van der Waals surface area contributed by atoms with Gasteiger partial charge in [0, 0.05) is 30.4 Å². The maximum Gasteiger partial charge on any atom is 0.247 e. The molecule has 26 heavy (non-hydrogen) atoms. The number of benzene rings is 1. The van der Waals surface area contributed by atoms with Gasteiger partial charge in [0.15, 0.2) is 0 Å². The second kappa shape index (κ2) is 7.56. The number of carbonyl (C=O) groups is 2. The van der Waals surface area contributed by atoms with E-state index in [0.29, 0.717) is 19.5 Å². The molecule has 1 aromatic heterocycles. The Hall–Kier alpha value is -2.89. The zero-order valence-electron chi connectivity index (χ0n) is 15.4. The summed E-state index contributed by atoms with van der Waals surface area (Å²) in [4.78, 5) is 26.2. The SMILES string of the molecule is CCC1C(=O)NCCN1C(=O)C=Cc1c(C)nn(-c2ccccc2)c1C. The Morgan fingerprint density at radius 1 is 1.31 bits per heavy atom. The molecule has 0 bridgehead atoms. The van der Waals surface area contributed by atoms with E-state index in [1.807, 2.05) is 55.8 Å². The molecule has 0 spiro atoms. The van der Waals surface area contributed by atoms with Gasteiger partial charge in [0.25, 0.3) is 0 Å². The fourth-order valence-corrected chi connectivity index (χ4v) is 3.35. The number of aryl methyl sites for hydroxylation is 1. The van der Waals surface area contributed by atoms with E-state index in [9.17, 15) is 9.59 Å². The molecule has 1 aromatic carbocycles. The first kappa shape index (κ1) is 17.9. The molecule has 2 heterocycles. The molecule has 2 amide bonds. The van der Waals surface area contributed by atoms with Gasteiger partial charge in [-0.1, -0.05) is 25.1 Å². The van der Waals surface area contributed by atoms with Crippen molar-refractivity contribution in [3.8, 4) is 5.69 Å². The predicted octanol–water partition coefficient (Wildman–Crippen LogP) is 2.24. The van der Waals surface area contributed by atoms with E-state index in [2.05, 4.69) is 10.4 Å². The summed E-state index contributed by atoms with van der Waals surface area (Å²) in [5, 5.41) is 7.40. The zero-order chi connectivity index (χ0) is 18.7. The Morgan fingerprint density at radius 2 is 2.04 bits per heavy atom. The maximum absolute atomic E-state index is 12.6. The lowest BCUT2D eigenvalue weighted by Crippen LogP contribution is -2.56. The molecule has 136 valence electrons. The first-order chi connectivity index (χ1) is 12.5. The maximum atomic E-state index is 12.6. The lowest BCUT2D eigenvalue weighted by molar-refractivity contribution is -0.140. The van der Waals surface area contributed by atoms with E-state index >= 15 is 0 Å². The van der Waals surface area contributed by atoms with E-state index < -0.39 is 6.04 Å². The molecule has 1 N–H and O–H groups in total. The second-order valence-corrected chi connectivity index (χ2v) is 6.41. The molecule has 1 unspecified atom stereocenters. The predicted molar refractivity (Wildman–Crippen MR) is 101 cm³/mol. The molecule has 1 fully saturated rings. The first-order valence-electron chi connectivity index (χ1n) is 8.91. The molecule has 1 aliphatic rings. The van der Waals surface area contributed by atoms with E-state index in [0.717, 1.165) is 22.6 Å². The fourth-order valence-electron chi connectivity index (χ4n) is 3.35. The van der Waals surface area contributed by atoms with E-state index in [4.69, 9.17) is 0 Å². The first-order valence-corrected chi connectivity index (χ1v) is 8.91. The van der Waals surface area contributed by atoms with Gasteiger partial charge in [0.05, 0.1) is 11.4 Å². The normalized spacial score (nSPS) is 17.6. The minimum absolute atomic E-state index is 0.0789. The van der Waals surface area contributed by atoms with Crippen molar-refractivity contribution in [2.45, 2.75) is 33.2 Å². The topological polar surface area (TPSA) is 67.2 Å². The number of amides is 2. The minimum atomic E-state index is -0.393. The van der Waals surface area contributed by atoms with E-state index in [-0.39, 0.29) is 11.8 Å². The van der Waals surface area contributed by atoms with Crippen LogP contribution in [0.25, 0.3) is 11.8 Å². The van der Waals surface area contributed by atoms with Crippen LogP contribution in [-0.4, -0.2) is 45.6 Å². The summed E-state index contributed by atoms with van der Waals surface area (Å²) < 4.78 is 1.88. The van der Waals surface area contributed by atoms with Crippen molar-refractivity contribution in [2.75, 3.05) is 13.1 Å². The molecule has 0 saturated carbocycles. The van der Waals surface area contributed by atoms with Crippen LogP contribution >= 0.6 is 0 Å². The van der Waals surface area contributed by atoms with Gasteiger partial charge < -0.3 is 10.2 Å². The average molecular weight is 352 g/mol. The van der Waals surface area contributed by atoms with Gasteiger partial charge in [-0.05, 0) is 38.5 Å². The summed E-state index contributed by atoms with van der Waals surface area (Å²) in [6, 6.07) is 9.50. The highest BCUT2D eigenvalue weighted by Crippen LogP contribution is 2.19. The number of hydrogen-bond donors (Lipinski definition) is 1. The third-order valence-electron chi connectivity index (χ3n) is 4.74. The Bertz CT molecular complexity index is 839. The van der Waals surface area contributed by atoms with Crippen LogP contribution in [0.5, 0.6) is 0 Å². The Morgan fingerprint density at radius 3 is 2.73 bits per heavy atom. The van der Waals surface area contributed by atoms with Crippen LogP contribution in [0.1, 0.15) is 30.3 Å². The molecule has 0 aliphatic carbocycles. The second-order valence-electron chi connectivity index (χ2n) is 6.41. The monoisotopic (exact) mass is 352 g/mol. The fraction of sp³-hybridized carbons (Fsp3) is 0.350. The van der Waals surface area contributed by atoms with Crippen molar-refractivity contribution in [1.82, 2.24) is 20.0 Å². The van der Waals surface area contributed by atoms with Crippen molar-refractivity contribution in [2.24, 2.45) is 0 Å². The van der Waals surface area contributed by atoms with Crippen molar-refractivity contribution in [3.05, 3.63) is 53.4 Å². The summed E-state index contributed by atoms with van der Waals surface area (Å²) in [6.45, 7) is 6.87.